The maximum absolute atomic E-state index is 12.1. The third-order valence-electron chi connectivity index (χ3n) is 4.05. The van der Waals surface area contributed by atoms with E-state index >= 15 is 0 Å². The van der Waals surface area contributed by atoms with Gasteiger partial charge in [0.05, 0.1) is 11.7 Å². The number of amides is 1. The van der Waals surface area contributed by atoms with Crippen LogP contribution in [0, 0.1) is 12.8 Å². The number of carbonyl (C=O) groups excluding carboxylic acids is 1. The van der Waals surface area contributed by atoms with Crippen molar-refractivity contribution >= 4 is 24.2 Å². The third kappa shape index (κ3) is 3.73. The standard InChI is InChI=1S/C14H23N3O2.ClH/c1-3-11-9(2)14(19-17-11)16-13(18)12(15)10-7-5-4-6-8-10;/h10,12H,3-8,15H2,1-2H3,(H,16,18);1H/t12-;/m0./s1. The summed E-state index contributed by atoms with van der Waals surface area (Å²) in [4.78, 5) is 12.1. The van der Waals surface area contributed by atoms with Gasteiger partial charge in [0.2, 0.25) is 11.8 Å². The summed E-state index contributed by atoms with van der Waals surface area (Å²) < 4.78 is 5.16. The van der Waals surface area contributed by atoms with Crippen molar-refractivity contribution in [2.45, 2.75) is 58.4 Å². The molecular weight excluding hydrogens is 278 g/mol. The Labute approximate surface area is 126 Å². The lowest BCUT2D eigenvalue weighted by molar-refractivity contribution is -0.118. The van der Waals surface area contributed by atoms with Crippen molar-refractivity contribution in [3.63, 3.8) is 0 Å². The minimum Gasteiger partial charge on any atom is -0.338 e. The van der Waals surface area contributed by atoms with Gasteiger partial charge in [0.1, 0.15) is 0 Å². The summed E-state index contributed by atoms with van der Waals surface area (Å²) in [6.07, 6.45) is 6.49. The van der Waals surface area contributed by atoms with Gasteiger partial charge in [0.15, 0.2) is 0 Å². The molecule has 1 amide bonds. The Hall–Kier alpha value is -1.07. The number of hydrogen-bond donors (Lipinski definition) is 2. The number of aromatic nitrogens is 1. The molecule has 20 heavy (non-hydrogen) atoms. The van der Waals surface area contributed by atoms with Gasteiger partial charge < -0.3 is 10.3 Å². The molecule has 1 aliphatic rings. The Balaban J connectivity index is 0.00000200. The van der Waals surface area contributed by atoms with Crippen LogP contribution in [0.3, 0.4) is 0 Å². The third-order valence-corrected chi connectivity index (χ3v) is 4.05. The summed E-state index contributed by atoms with van der Waals surface area (Å²) >= 11 is 0. The molecule has 0 radical (unpaired) electrons. The molecular formula is C14H24ClN3O2. The minimum absolute atomic E-state index is 0. The fourth-order valence-electron chi connectivity index (χ4n) is 2.72. The first kappa shape index (κ1) is 17.0. The summed E-state index contributed by atoms with van der Waals surface area (Å²) in [5.74, 6) is 0.574. The Kier molecular flexibility index (Phi) is 6.49. The van der Waals surface area contributed by atoms with Gasteiger partial charge in [-0.1, -0.05) is 31.3 Å². The van der Waals surface area contributed by atoms with Gasteiger partial charge >= 0.3 is 0 Å². The van der Waals surface area contributed by atoms with E-state index in [-0.39, 0.29) is 18.3 Å². The van der Waals surface area contributed by atoms with Crippen molar-refractivity contribution in [2.24, 2.45) is 11.7 Å². The smallest absolute Gasteiger partial charge is 0.243 e. The SMILES string of the molecule is CCc1noc(NC(=O)[C@@H](N)C2CCCCC2)c1C.Cl. The lowest BCUT2D eigenvalue weighted by Gasteiger charge is -2.26. The number of rotatable bonds is 4. The second-order valence-electron chi connectivity index (χ2n) is 5.35. The molecule has 3 N–H and O–H groups in total. The van der Waals surface area contributed by atoms with Crippen molar-refractivity contribution < 1.29 is 9.32 Å². The molecule has 1 fully saturated rings. The van der Waals surface area contributed by atoms with E-state index in [4.69, 9.17) is 10.3 Å². The van der Waals surface area contributed by atoms with E-state index in [0.717, 1.165) is 30.5 Å². The molecule has 0 spiro atoms. The van der Waals surface area contributed by atoms with Crippen molar-refractivity contribution in [1.82, 2.24) is 5.16 Å². The van der Waals surface area contributed by atoms with Crippen LogP contribution in [0.25, 0.3) is 0 Å². The molecule has 0 aliphatic heterocycles. The van der Waals surface area contributed by atoms with E-state index in [1.807, 2.05) is 13.8 Å². The van der Waals surface area contributed by atoms with E-state index in [1.54, 1.807) is 0 Å². The summed E-state index contributed by atoms with van der Waals surface area (Å²) in [7, 11) is 0. The van der Waals surface area contributed by atoms with Crippen LogP contribution in [0.2, 0.25) is 0 Å². The zero-order chi connectivity index (χ0) is 13.8. The van der Waals surface area contributed by atoms with Crippen molar-refractivity contribution in [2.75, 3.05) is 5.32 Å². The molecule has 0 unspecified atom stereocenters. The second-order valence-corrected chi connectivity index (χ2v) is 5.35. The number of nitrogens with two attached hydrogens (primary N) is 1. The Morgan fingerprint density at radius 1 is 1.45 bits per heavy atom. The van der Waals surface area contributed by atoms with E-state index < -0.39 is 6.04 Å². The first-order chi connectivity index (χ1) is 9.13. The summed E-state index contributed by atoms with van der Waals surface area (Å²) in [5, 5.41) is 6.70. The van der Waals surface area contributed by atoms with Crippen molar-refractivity contribution in [3.8, 4) is 0 Å². The van der Waals surface area contributed by atoms with E-state index in [0.29, 0.717) is 11.8 Å². The number of anilines is 1. The highest BCUT2D eigenvalue weighted by Crippen LogP contribution is 2.26. The predicted octanol–water partition coefficient (Wildman–Crippen LogP) is 2.81. The summed E-state index contributed by atoms with van der Waals surface area (Å²) in [5.41, 5.74) is 7.83. The van der Waals surface area contributed by atoms with Crippen LogP contribution in [-0.2, 0) is 11.2 Å². The Morgan fingerprint density at radius 2 is 2.10 bits per heavy atom. The second kappa shape index (κ2) is 7.64. The fourth-order valence-corrected chi connectivity index (χ4v) is 2.72. The van der Waals surface area contributed by atoms with Gasteiger partial charge in [-0.05, 0) is 32.1 Å². The fraction of sp³-hybridized carbons (Fsp3) is 0.714. The van der Waals surface area contributed by atoms with Crippen LogP contribution in [0.1, 0.15) is 50.3 Å². The van der Waals surface area contributed by atoms with Gasteiger partial charge in [-0.15, -0.1) is 12.4 Å². The number of aryl methyl sites for hydroxylation is 1. The van der Waals surface area contributed by atoms with Gasteiger partial charge in [-0.2, -0.15) is 0 Å². The normalized spacial score (nSPS) is 17.4. The van der Waals surface area contributed by atoms with E-state index in [2.05, 4.69) is 10.5 Å². The van der Waals surface area contributed by atoms with Crippen molar-refractivity contribution in [1.29, 1.82) is 0 Å². The molecule has 1 saturated carbocycles. The lowest BCUT2D eigenvalue weighted by atomic mass is 9.84. The number of nitrogens with one attached hydrogen (secondary N) is 1. The van der Waals surface area contributed by atoms with E-state index in [9.17, 15) is 4.79 Å². The highest BCUT2D eigenvalue weighted by molar-refractivity contribution is 5.94. The van der Waals surface area contributed by atoms with Crippen LogP contribution in [0.4, 0.5) is 5.88 Å². The van der Waals surface area contributed by atoms with Crippen LogP contribution in [0.5, 0.6) is 0 Å². The number of halogens is 1. The van der Waals surface area contributed by atoms with Crippen molar-refractivity contribution in [3.05, 3.63) is 11.3 Å². The predicted molar refractivity (Wildman–Crippen MR) is 81.0 cm³/mol. The first-order valence-electron chi connectivity index (χ1n) is 7.15. The monoisotopic (exact) mass is 301 g/mol. The topological polar surface area (TPSA) is 81.2 Å². The minimum atomic E-state index is -0.449. The van der Waals surface area contributed by atoms with Gasteiger partial charge in [-0.3, -0.25) is 10.1 Å². The summed E-state index contributed by atoms with van der Waals surface area (Å²) in [6.45, 7) is 3.90. The largest absolute Gasteiger partial charge is 0.338 e. The Bertz CT molecular complexity index is 442. The molecule has 1 aromatic rings. The highest BCUT2D eigenvalue weighted by Gasteiger charge is 2.27. The molecule has 0 aromatic carbocycles. The van der Waals surface area contributed by atoms with Crippen LogP contribution in [-0.4, -0.2) is 17.1 Å². The molecule has 1 aliphatic carbocycles. The Morgan fingerprint density at radius 3 is 2.65 bits per heavy atom. The highest BCUT2D eigenvalue weighted by atomic mass is 35.5. The molecule has 0 saturated heterocycles. The molecule has 6 heteroatoms. The number of nitrogens with zero attached hydrogens (tertiary/aromatic N) is 1. The van der Waals surface area contributed by atoms with Crippen LogP contribution >= 0.6 is 12.4 Å². The quantitative estimate of drug-likeness (QED) is 0.896. The molecule has 5 nitrogen and oxygen atoms in total. The first-order valence-corrected chi connectivity index (χ1v) is 7.15. The van der Waals surface area contributed by atoms with Crippen LogP contribution in [0.15, 0.2) is 4.52 Å². The van der Waals surface area contributed by atoms with Gasteiger partial charge in [0, 0.05) is 5.56 Å². The summed E-state index contributed by atoms with van der Waals surface area (Å²) in [6, 6.07) is -0.449. The van der Waals surface area contributed by atoms with Crippen LogP contribution < -0.4 is 11.1 Å². The van der Waals surface area contributed by atoms with Gasteiger partial charge in [-0.25, -0.2) is 0 Å². The lowest BCUT2D eigenvalue weighted by Crippen LogP contribution is -2.42. The number of carbonyl (C=O) groups is 1. The average Bonchev–Trinajstić information content (AvgIpc) is 2.79. The molecule has 0 bridgehead atoms. The molecule has 1 heterocycles. The van der Waals surface area contributed by atoms with Gasteiger partial charge in [0.25, 0.3) is 0 Å². The molecule has 2 rings (SSSR count). The molecule has 1 aromatic heterocycles. The maximum atomic E-state index is 12.1. The maximum Gasteiger partial charge on any atom is 0.243 e. The average molecular weight is 302 g/mol. The molecule has 1 atom stereocenters. The molecule has 114 valence electrons. The zero-order valence-corrected chi connectivity index (χ0v) is 13.0. The number of hydrogen-bond acceptors (Lipinski definition) is 4. The van der Waals surface area contributed by atoms with E-state index in [1.165, 1.54) is 19.3 Å². The zero-order valence-electron chi connectivity index (χ0n) is 12.1.